The van der Waals surface area contributed by atoms with Gasteiger partial charge in [-0.25, -0.2) is 4.79 Å². The molecule has 0 saturated carbocycles. The molecule has 0 aliphatic carbocycles. The number of hydrogen-bond acceptors (Lipinski definition) is 4. The molecule has 0 aromatic rings. The monoisotopic (exact) mass is 239 g/mol. The van der Waals surface area contributed by atoms with Crippen LogP contribution in [0, 0.1) is 12.3 Å². The van der Waals surface area contributed by atoms with Crippen LogP contribution >= 0.6 is 0 Å². The van der Waals surface area contributed by atoms with Crippen LogP contribution in [0.5, 0.6) is 0 Å². The molecule has 2 atom stereocenters. The van der Waals surface area contributed by atoms with Crippen molar-refractivity contribution in [2.75, 3.05) is 0 Å². The van der Waals surface area contributed by atoms with Crippen LogP contribution in [0.15, 0.2) is 0 Å². The number of aliphatic hydroxyl groups excluding tert-OH is 1. The highest BCUT2D eigenvalue weighted by Gasteiger charge is 2.43. The molecule has 1 heterocycles. The zero-order valence-corrected chi connectivity index (χ0v) is 10.0. The van der Waals surface area contributed by atoms with E-state index in [4.69, 9.17) is 11.2 Å². The molecule has 5 nitrogen and oxygen atoms in total. The van der Waals surface area contributed by atoms with E-state index in [1.807, 2.05) is 0 Å². The molecule has 94 valence electrons. The topological polar surface area (TPSA) is 66.8 Å². The summed E-state index contributed by atoms with van der Waals surface area (Å²) in [5.41, 5.74) is 0. The molecule has 0 aromatic carbocycles. The fourth-order valence-corrected chi connectivity index (χ4v) is 1.73. The number of hydrogen-bond donors (Lipinski definition) is 1. The lowest BCUT2D eigenvalue weighted by molar-refractivity contribution is -0.186. The average Bonchev–Trinajstić information content (AvgIpc) is 2.22. The van der Waals surface area contributed by atoms with E-state index in [1.165, 1.54) is 0 Å². The van der Waals surface area contributed by atoms with Crippen molar-refractivity contribution in [2.24, 2.45) is 0 Å². The molecule has 0 radical (unpaired) electrons. The molecule has 1 saturated heterocycles. The number of likely N-dealkylation sites (tertiary alicyclic amines) is 1. The molecule has 1 amide bonds. The highest BCUT2D eigenvalue weighted by Crippen LogP contribution is 2.25. The second kappa shape index (κ2) is 5.69. The molecular weight excluding hydrogens is 222 g/mol. The first-order valence-corrected chi connectivity index (χ1v) is 5.60. The Kier molecular flexibility index (Phi) is 4.53. The van der Waals surface area contributed by atoms with Crippen LogP contribution in [0.25, 0.3) is 0 Å². The number of carbonyl (C=O) groups excluding carboxylic acids is 2. The van der Waals surface area contributed by atoms with Gasteiger partial charge in [0.05, 0.1) is 6.10 Å². The summed E-state index contributed by atoms with van der Waals surface area (Å²) < 4.78 is 4.85. The lowest BCUT2D eigenvalue weighted by Crippen LogP contribution is -2.60. The molecule has 2 unspecified atom stereocenters. The molecule has 0 aromatic heterocycles. The van der Waals surface area contributed by atoms with Crippen molar-refractivity contribution in [1.29, 1.82) is 0 Å². The summed E-state index contributed by atoms with van der Waals surface area (Å²) in [6, 6.07) is -0.159. The van der Waals surface area contributed by atoms with Gasteiger partial charge in [-0.2, -0.15) is 0 Å². The van der Waals surface area contributed by atoms with Crippen molar-refractivity contribution in [3.8, 4) is 12.3 Å². The first-order valence-electron chi connectivity index (χ1n) is 5.60. The van der Waals surface area contributed by atoms with Crippen LogP contribution in [-0.4, -0.2) is 40.3 Å². The fourth-order valence-electron chi connectivity index (χ4n) is 1.73. The third-order valence-corrected chi connectivity index (χ3v) is 2.54. The Morgan fingerprint density at radius 2 is 2.35 bits per heavy atom. The van der Waals surface area contributed by atoms with Crippen molar-refractivity contribution >= 4 is 11.9 Å². The number of carbonyl (C=O) groups is 2. The van der Waals surface area contributed by atoms with Gasteiger partial charge in [-0.1, -0.05) is 0 Å². The molecule has 0 spiro atoms. The van der Waals surface area contributed by atoms with Crippen molar-refractivity contribution < 1.29 is 19.4 Å². The van der Waals surface area contributed by atoms with Crippen LogP contribution in [0.4, 0.5) is 0 Å². The van der Waals surface area contributed by atoms with Gasteiger partial charge in [0.15, 0.2) is 0 Å². The second-order valence-corrected chi connectivity index (χ2v) is 4.26. The Morgan fingerprint density at radius 3 is 2.82 bits per heavy atom. The number of terminal acetylenes is 1. The maximum absolute atomic E-state index is 11.4. The standard InChI is InChI=1S/C12H17NO4/c1-4-5-6-9-7-10(14)13(9)11(15)12(16)17-8(2)3/h1,8-9,11,15H,5-7H2,2-3H3. The Labute approximate surface area is 101 Å². The van der Waals surface area contributed by atoms with Gasteiger partial charge in [0.1, 0.15) is 0 Å². The van der Waals surface area contributed by atoms with Crippen LogP contribution < -0.4 is 0 Å². The van der Waals surface area contributed by atoms with Crippen molar-refractivity contribution in [3.05, 3.63) is 0 Å². The number of aliphatic hydroxyl groups is 1. The summed E-state index contributed by atoms with van der Waals surface area (Å²) in [6.45, 7) is 3.36. The molecule has 1 N–H and O–H groups in total. The van der Waals surface area contributed by atoms with Gasteiger partial charge in [-0.05, 0) is 20.3 Å². The van der Waals surface area contributed by atoms with Gasteiger partial charge in [-0.3, -0.25) is 4.79 Å². The maximum Gasteiger partial charge on any atom is 0.356 e. The smallest absolute Gasteiger partial charge is 0.356 e. The molecule has 1 aliphatic heterocycles. The minimum absolute atomic E-state index is 0.159. The summed E-state index contributed by atoms with van der Waals surface area (Å²) >= 11 is 0. The number of esters is 1. The third kappa shape index (κ3) is 3.21. The van der Waals surface area contributed by atoms with Crippen LogP contribution in [0.3, 0.4) is 0 Å². The highest BCUT2D eigenvalue weighted by molar-refractivity contribution is 5.88. The van der Waals surface area contributed by atoms with Gasteiger partial charge in [0.2, 0.25) is 12.1 Å². The summed E-state index contributed by atoms with van der Waals surface area (Å²) in [6.07, 6.45) is 4.73. The summed E-state index contributed by atoms with van der Waals surface area (Å²) in [4.78, 5) is 23.9. The lowest BCUT2D eigenvalue weighted by atomic mass is 9.96. The van der Waals surface area contributed by atoms with Gasteiger partial charge in [0, 0.05) is 18.9 Å². The van der Waals surface area contributed by atoms with Gasteiger partial charge in [0.25, 0.3) is 0 Å². The molecular formula is C12H17NO4. The largest absolute Gasteiger partial charge is 0.460 e. The number of nitrogens with zero attached hydrogens (tertiary/aromatic N) is 1. The minimum Gasteiger partial charge on any atom is -0.460 e. The summed E-state index contributed by atoms with van der Waals surface area (Å²) in [7, 11) is 0. The number of amides is 1. The molecule has 1 rings (SSSR count). The number of β-lactam (4-membered cyclic amide) rings is 1. The van der Waals surface area contributed by atoms with Crippen molar-refractivity contribution in [3.63, 3.8) is 0 Å². The van der Waals surface area contributed by atoms with Crippen molar-refractivity contribution in [2.45, 2.75) is 51.5 Å². The van der Waals surface area contributed by atoms with Gasteiger partial charge < -0.3 is 14.7 Å². The Bertz CT molecular complexity index is 345. The van der Waals surface area contributed by atoms with Crippen LogP contribution in [0.1, 0.15) is 33.1 Å². The average molecular weight is 239 g/mol. The van der Waals surface area contributed by atoms with E-state index in [9.17, 15) is 14.7 Å². The first-order chi connectivity index (χ1) is 7.97. The van der Waals surface area contributed by atoms with Gasteiger partial charge >= 0.3 is 5.97 Å². The van der Waals surface area contributed by atoms with E-state index in [0.29, 0.717) is 19.3 Å². The predicted octanol–water partition coefficient (Wildman–Crippen LogP) is 0.271. The Hall–Kier alpha value is -1.54. The van der Waals surface area contributed by atoms with Crippen molar-refractivity contribution in [1.82, 2.24) is 4.90 Å². The summed E-state index contributed by atoms with van der Waals surface area (Å²) in [5, 5.41) is 9.71. The first kappa shape index (κ1) is 13.5. The predicted molar refractivity (Wildman–Crippen MR) is 60.6 cm³/mol. The zero-order chi connectivity index (χ0) is 13.0. The molecule has 5 heteroatoms. The van der Waals surface area contributed by atoms with Crippen LogP contribution in [-0.2, 0) is 14.3 Å². The van der Waals surface area contributed by atoms with E-state index < -0.39 is 12.2 Å². The van der Waals surface area contributed by atoms with E-state index in [-0.39, 0.29) is 18.1 Å². The normalized spacial score (nSPS) is 20.8. The van der Waals surface area contributed by atoms with Crippen LogP contribution in [0.2, 0.25) is 0 Å². The van der Waals surface area contributed by atoms with E-state index in [2.05, 4.69) is 5.92 Å². The fraction of sp³-hybridized carbons (Fsp3) is 0.667. The van der Waals surface area contributed by atoms with E-state index >= 15 is 0 Å². The maximum atomic E-state index is 11.4. The number of ether oxygens (including phenoxy) is 1. The highest BCUT2D eigenvalue weighted by atomic mass is 16.6. The molecule has 1 aliphatic rings. The molecule has 0 bridgehead atoms. The lowest BCUT2D eigenvalue weighted by Gasteiger charge is -2.42. The van der Waals surface area contributed by atoms with E-state index in [1.54, 1.807) is 13.8 Å². The second-order valence-electron chi connectivity index (χ2n) is 4.26. The molecule has 17 heavy (non-hydrogen) atoms. The quantitative estimate of drug-likeness (QED) is 0.425. The Balaban J connectivity index is 2.55. The zero-order valence-electron chi connectivity index (χ0n) is 10.0. The van der Waals surface area contributed by atoms with E-state index in [0.717, 1.165) is 4.90 Å². The minimum atomic E-state index is -1.51. The third-order valence-electron chi connectivity index (χ3n) is 2.54. The van der Waals surface area contributed by atoms with Gasteiger partial charge in [-0.15, -0.1) is 12.3 Å². The SMILES string of the molecule is C#CCCC1CC(=O)N1C(O)C(=O)OC(C)C. The Morgan fingerprint density at radius 1 is 1.71 bits per heavy atom. The number of rotatable bonds is 5. The summed E-state index contributed by atoms with van der Waals surface area (Å²) in [5.74, 6) is 1.42. The molecule has 1 fully saturated rings.